The lowest BCUT2D eigenvalue weighted by Gasteiger charge is -2.33. The van der Waals surface area contributed by atoms with E-state index in [0.29, 0.717) is 6.61 Å². The Hall–Kier alpha value is -1.35. The lowest BCUT2D eigenvalue weighted by molar-refractivity contribution is -0.150. The largest absolute Gasteiger partial charge is 0.464 e. The minimum atomic E-state index is -0.229. The third-order valence-corrected chi connectivity index (χ3v) is 3.54. The summed E-state index contributed by atoms with van der Waals surface area (Å²) in [5, 5.41) is 0. The van der Waals surface area contributed by atoms with Crippen LogP contribution in [0, 0.1) is 0 Å². The average Bonchev–Trinajstić information content (AvgIpc) is 2.47. The highest BCUT2D eigenvalue weighted by atomic mass is 16.5. The van der Waals surface area contributed by atoms with Crippen molar-refractivity contribution in [2.24, 2.45) is 0 Å². The minimum Gasteiger partial charge on any atom is -0.464 e. The Kier molecular flexibility index (Phi) is 5.40. The van der Waals surface area contributed by atoms with E-state index in [1.807, 2.05) is 37.3 Å². The molecule has 0 unspecified atom stereocenters. The molecule has 1 aromatic rings. The molecular formula is C16H23NO2. The van der Waals surface area contributed by atoms with E-state index in [0.717, 1.165) is 25.1 Å². The van der Waals surface area contributed by atoms with Gasteiger partial charge < -0.3 is 4.74 Å². The van der Waals surface area contributed by atoms with Crippen molar-refractivity contribution in [1.82, 2.24) is 4.90 Å². The van der Waals surface area contributed by atoms with Crippen molar-refractivity contribution in [3.8, 4) is 0 Å². The van der Waals surface area contributed by atoms with E-state index in [-0.39, 0.29) is 12.0 Å². The van der Waals surface area contributed by atoms with Gasteiger partial charge in [-0.25, -0.2) is 4.79 Å². The van der Waals surface area contributed by atoms with E-state index in [2.05, 4.69) is 4.90 Å². The number of carbonyl (C=O) groups is 1. The summed E-state index contributed by atoms with van der Waals surface area (Å²) in [6, 6.07) is 9.76. The van der Waals surface area contributed by atoms with Crippen LogP contribution in [0.5, 0.6) is 0 Å². The Morgan fingerprint density at radius 3 is 2.53 bits per heavy atom. The number of piperidine rings is 1. The van der Waals surface area contributed by atoms with Crippen LogP contribution >= 0.6 is 0 Å². The molecule has 0 amide bonds. The standard InChI is InChI=1S/C16H23NO2/c1-2-13-19-16(18)15(14-9-5-3-6-10-14)17-11-7-4-8-12-17/h3,5-6,9-10,15H,2,4,7-8,11-13H2,1H3/t15-/m1/s1. The van der Waals surface area contributed by atoms with Gasteiger partial charge in [0.15, 0.2) is 0 Å². The van der Waals surface area contributed by atoms with E-state index in [1.165, 1.54) is 19.3 Å². The Morgan fingerprint density at radius 1 is 1.21 bits per heavy atom. The van der Waals surface area contributed by atoms with Gasteiger partial charge in [-0.2, -0.15) is 0 Å². The van der Waals surface area contributed by atoms with Crippen LogP contribution in [0.4, 0.5) is 0 Å². The first kappa shape index (κ1) is 14.1. The predicted octanol–water partition coefficient (Wildman–Crippen LogP) is 3.17. The topological polar surface area (TPSA) is 29.5 Å². The molecule has 0 aromatic heterocycles. The highest BCUT2D eigenvalue weighted by Crippen LogP contribution is 2.25. The van der Waals surface area contributed by atoms with Gasteiger partial charge in [-0.1, -0.05) is 43.7 Å². The van der Waals surface area contributed by atoms with Crippen molar-refractivity contribution in [2.45, 2.75) is 38.6 Å². The monoisotopic (exact) mass is 261 g/mol. The number of ether oxygens (including phenoxy) is 1. The highest BCUT2D eigenvalue weighted by molar-refractivity contribution is 5.77. The van der Waals surface area contributed by atoms with Crippen molar-refractivity contribution < 1.29 is 9.53 Å². The first-order valence-corrected chi connectivity index (χ1v) is 7.28. The van der Waals surface area contributed by atoms with Gasteiger partial charge in [-0.05, 0) is 37.9 Å². The smallest absolute Gasteiger partial charge is 0.328 e. The molecule has 0 saturated carbocycles. The number of nitrogens with zero attached hydrogens (tertiary/aromatic N) is 1. The molecule has 1 fully saturated rings. The maximum absolute atomic E-state index is 12.3. The summed E-state index contributed by atoms with van der Waals surface area (Å²) in [5.74, 6) is -0.102. The first-order chi connectivity index (χ1) is 9.33. The highest BCUT2D eigenvalue weighted by Gasteiger charge is 2.29. The average molecular weight is 261 g/mol. The molecule has 1 aliphatic heterocycles. The van der Waals surface area contributed by atoms with E-state index < -0.39 is 0 Å². The molecule has 0 spiro atoms. The second-order valence-corrected chi connectivity index (χ2v) is 5.08. The van der Waals surface area contributed by atoms with Crippen LogP contribution in [-0.2, 0) is 9.53 Å². The van der Waals surface area contributed by atoms with E-state index in [9.17, 15) is 4.79 Å². The summed E-state index contributed by atoms with van der Waals surface area (Å²) in [6.45, 7) is 4.50. The van der Waals surface area contributed by atoms with Crippen LogP contribution in [0.25, 0.3) is 0 Å². The van der Waals surface area contributed by atoms with E-state index >= 15 is 0 Å². The number of hydrogen-bond acceptors (Lipinski definition) is 3. The van der Waals surface area contributed by atoms with E-state index in [4.69, 9.17) is 4.74 Å². The maximum atomic E-state index is 12.3. The lowest BCUT2D eigenvalue weighted by Crippen LogP contribution is -2.38. The fraction of sp³-hybridized carbons (Fsp3) is 0.562. The van der Waals surface area contributed by atoms with Gasteiger partial charge in [-0.15, -0.1) is 0 Å². The normalized spacial score (nSPS) is 17.9. The molecule has 19 heavy (non-hydrogen) atoms. The van der Waals surface area contributed by atoms with Crippen molar-refractivity contribution in [2.75, 3.05) is 19.7 Å². The summed E-state index contributed by atoms with van der Waals surface area (Å²) in [6.07, 6.45) is 4.48. The molecule has 3 heteroatoms. The van der Waals surface area contributed by atoms with E-state index in [1.54, 1.807) is 0 Å². The molecule has 1 aliphatic rings. The van der Waals surface area contributed by atoms with Crippen LogP contribution in [0.1, 0.15) is 44.2 Å². The Morgan fingerprint density at radius 2 is 1.89 bits per heavy atom. The van der Waals surface area contributed by atoms with Gasteiger partial charge in [0.1, 0.15) is 6.04 Å². The minimum absolute atomic E-state index is 0.102. The Bertz CT molecular complexity index is 385. The van der Waals surface area contributed by atoms with Crippen molar-refractivity contribution in [3.63, 3.8) is 0 Å². The lowest BCUT2D eigenvalue weighted by atomic mass is 10.0. The number of rotatable bonds is 5. The second-order valence-electron chi connectivity index (χ2n) is 5.08. The van der Waals surface area contributed by atoms with Crippen molar-refractivity contribution in [3.05, 3.63) is 35.9 Å². The summed E-state index contributed by atoms with van der Waals surface area (Å²) in [4.78, 5) is 14.6. The molecule has 2 rings (SSSR count). The third kappa shape index (κ3) is 3.80. The van der Waals surface area contributed by atoms with Gasteiger partial charge in [0.2, 0.25) is 0 Å². The zero-order chi connectivity index (χ0) is 13.5. The van der Waals surface area contributed by atoms with Gasteiger partial charge in [0.05, 0.1) is 6.61 Å². The molecule has 0 bridgehead atoms. The summed E-state index contributed by atoms with van der Waals surface area (Å²) < 4.78 is 5.38. The maximum Gasteiger partial charge on any atom is 0.328 e. The summed E-state index contributed by atoms with van der Waals surface area (Å²) >= 11 is 0. The van der Waals surface area contributed by atoms with Crippen LogP contribution in [0.3, 0.4) is 0 Å². The number of benzene rings is 1. The number of esters is 1. The van der Waals surface area contributed by atoms with Crippen LogP contribution in [-0.4, -0.2) is 30.6 Å². The molecule has 1 heterocycles. The molecule has 0 N–H and O–H groups in total. The molecule has 104 valence electrons. The van der Waals surface area contributed by atoms with Gasteiger partial charge in [0.25, 0.3) is 0 Å². The number of carbonyl (C=O) groups excluding carboxylic acids is 1. The quantitative estimate of drug-likeness (QED) is 0.762. The molecule has 0 aliphatic carbocycles. The molecule has 3 nitrogen and oxygen atoms in total. The number of likely N-dealkylation sites (tertiary alicyclic amines) is 1. The predicted molar refractivity (Wildman–Crippen MR) is 75.9 cm³/mol. The molecule has 1 saturated heterocycles. The van der Waals surface area contributed by atoms with Crippen LogP contribution in [0.15, 0.2) is 30.3 Å². The molecular weight excluding hydrogens is 238 g/mol. The van der Waals surface area contributed by atoms with Crippen LogP contribution in [0.2, 0.25) is 0 Å². The second kappa shape index (κ2) is 7.29. The zero-order valence-electron chi connectivity index (χ0n) is 11.7. The SMILES string of the molecule is CCCOC(=O)[C@@H](c1ccccc1)N1CCCCC1. The van der Waals surface area contributed by atoms with Gasteiger partial charge in [0, 0.05) is 0 Å². The van der Waals surface area contributed by atoms with Crippen molar-refractivity contribution >= 4 is 5.97 Å². The first-order valence-electron chi connectivity index (χ1n) is 7.28. The van der Waals surface area contributed by atoms with Gasteiger partial charge in [-0.3, -0.25) is 4.90 Å². The molecule has 0 radical (unpaired) electrons. The fourth-order valence-electron chi connectivity index (χ4n) is 2.59. The zero-order valence-corrected chi connectivity index (χ0v) is 11.7. The fourth-order valence-corrected chi connectivity index (χ4v) is 2.59. The van der Waals surface area contributed by atoms with Crippen molar-refractivity contribution in [1.29, 1.82) is 0 Å². The Labute approximate surface area is 115 Å². The van der Waals surface area contributed by atoms with Crippen LogP contribution < -0.4 is 0 Å². The molecule has 1 atom stereocenters. The number of hydrogen-bond donors (Lipinski definition) is 0. The summed E-state index contributed by atoms with van der Waals surface area (Å²) in [5.41, 5.74) is 1.05. The Balaban J connectivity index is 2.14. The third-order valence-electron chi connectivity index (χ3n) is 3.54. The van der Waals surface area contributed by atoms with Gasteiger partial charge >= 0.3 is 5.97 Å². The molecule has 1 aromatic carbocycles. The summed E-state index contributed by atoms with van der Waals surface area (Å²) in [7, 11) is 0.